The van der Waals surface area contributed by atoms with Gasteiger partial charge in [0.1, 0.15) is 6.04 Å². The highest BCUT2D eigenvalue weighted by Crippen LogP contribution is 2.23. The predicted molar refractivity (Wildman–Crippen MR) is 78.3 cm³/mol. The van der Waals surface area contributed by atoms with Gasteiger partial charge in [-0.25, -0.2) is 4.79 Å². The minimum absolute atomic E-state index is 0.202. The number of hydrogen-bond acceptors (Lipinski definition) is 3. The first-order chi connectivity index (χ1) is 10.2. The first-order valence-electron chi connectivity index (χ1n) is 6.83. The molecule has 1 aromatic rings. The lowest BCUT2D eigenvalue weighted by molar-refractivity contribution is -0.133. The van der Waals surface area contributed by atoms with Crippen LogP contribution >= 0.6 is 0 Å². The predicted octanol–water partition coefficient (Wildman–Crippen LogP) is 1.71. The van der Waals surface area contributed by atoms with Gasteiger partial charge < -0.3 is 15.0 Å². The van der Waals surface area contributed by atoms with E-state index in [0.717, 1.165) is 12.8 Å². The van der Waals surface area contributed by atoms with Gasteiger partial charge in [0.05, 0.1) is 13.2 Å². The van der Waals surface area contributed by atoms with E-state index in [1.54, 1.807) is 17.0 Å². The smallest absolute Gasteiger partial charge is 0.407 e. The Labute approximate surface area is 124 Å². The number of benzene rings is 1. The van der Waals surface area contributed by atoms with Gasteiger partial charge >= 0.3 is 6.09 Å². The molecule has 5 heteroatoms. The molecule has 1 N–H and O–H groups in total. The minimum atomic E-state index is -0.785. The van der Waals surface area contributed by atoms with Crippen molar-refractivity contribution in [1.29, 1.82) is 0 Å². The van der Waals surface area contributed by atoms with Gasteiger partial charge in [-0.15, -0.1) is 6.42 Å². The van der Waals surface area contributed by atoms with Gasteiger partial charge in [0.2, 0.25) is 0 Å². The third-order valence-electron chi connectivity index (χ3n) is 3.56. The van der Waals surface area contributed by atoms with Crippen LogP contribution in [-0.4, -0.2) is 36.6 Å². The molecule has 0 radical (unpaired) electrons. The molecule has 1 aliphatic rings. The molecule has 1 aromatic carbocycles. The Hall–Kier alpha value is -2.48. The molecule has 0 spiro atoms. The van der Waals surface area contributed by atoms with Gasteiger partial charge in [0.25, 0.3) is 5.91 Å². The van der Waals surface area contributed by atoms with Crippen LogP contribution in [0, 0.1) is 12.3 Å². The standard InChI is InChI=1S/C16H18N2O3/c1-3-13-10-7-11-18(13)15(19)14(17-16(20)21-2)12-8-5-4-6-9-12/h1,4-6,8-9,13-14H,7,10-11H2,2H3,(H,17,20)/t13-,14-/m1/s1. The van der Waals surface area contributed by atoms with Crippen molar-refractivity contribution in [2.24, 2.45) is 0 Å². The average molecular weight is 286 g/mol. The van der Waals surface area contributed by atoms with Crippen molar-refractivity contribution in [2.45, 2.75) is 24.9 Å². The van der Waals surface area contributed by atoms with Crippen LogP contribution in [0.2, 0.25) is 0 Å². The van der Waals surface area contributed by atoms with Crippen LogP contribution in [0.5, 0.6) is 0 Å². The van der Waals surface area contributed by atoms with E-state index in [1.165, 1.54) is 7.11 Å². The summed E-state index contributed by atoms with van der Waals surface area (Å²) < 4.78 is 4.61. The number of nitrogens with one attached hydrogen (secondary N) is 1. The second-order valence-electron chi connectivity index (χ2n) is 4.84. The molecule has 1 fully saturated rings. The lowest BCUT2D eigenvalue weighted by Gasteiger charge is -2.26. The zero-order chi connectivity index (χ0) is 15.2. The Morgan fingerprint density at radius 1 is 1.43 bits per heavy atom. The first kappa shape index (κ1) is 14.9. The molecule has 0 aromatic heterocycles. The molecule has 1 saturated heterocycles. The van der Waals surface area contributed by atoms with Gasteiger partial charge in [-0.3, -0.25) is 4.79 Å². The van der Waals surface area contributed by atoms with Crippen LogP contribution < -0.4 is 5.32 Å². The van der Waals surface area contributed by atoms with Crippen molar-refractivity contribution in [1.82, 2.24) is 10.2 Å². The largest absolute Gasteiger partial charge is 0.453 e. The first-order valence-corrected chi connectivity index (χ1v) is 6.83. The molecule has 110 valence electrons. The fourth-order valence-corrected chi connectivity index (χ4v) is 2.48. The van der Waals surface area contributed by atoms with Gasteiger partial charge in [-0.2, -0.15) is 0 Å². The maximum absolute atomic E-state index is 12.7. The zero-order valence-corrected chi connectivity index (χ0v) is 11.9. The maximum atomic E-state index is 12.7. The molecule has 21 heavy (non-hydrogen) atoms. The Balaban J connectivity index is 2.25. The summed E-state index contributed by atoms with van der Waals surface area (Å²) in [4.78, 5) is 25.9. The van der Waals surface area contributed by atoms with E-state index in [0.29, 0.717) is 12.1 Å². The van der Waals surface area contributed by atoms with E-state index < -0.39 is 12.1 Å². The summed E-state index contributed by atoms with van der Waals surface area (Å²) in [6.07, 6.45) is 6.50. The Morgan fingerprint density at radius 2 is 2.14 bits per heavy atom. The molecule has 0 saturated carbocycles. The highest BCUT2D eigenvalue weighted by atomic mass is 16.5. The molecule has 2 rings (SSSR count). The second kappa shape index (κ2) is 6.80. The molecule has 0 aliphatic carbocycles. The molecule has 2 amide bonds. The minimum Gasteiger partial charge on any atom is -0.453 e. The van der Waals surface area contributed by atoms with Crippen LogP contribution in [-0.2, 0) is 9.53 Å². The lowest BCUT2D eigenvalue weighted by atomic mass is 10.1. The van der Waals surface area contributed by atoms with Crippen molar-refractivity contribution in [3.8, 4) is 12.3 Å². The third kappa shape index (κ3) is 3.34. The van der Waals surface area contributed by atoms with Crippen LogP contribution in [0.25, 0.3) is 0 Å². The van der Waals surface area contributed by atoms with Crippen LogP contribution in [0.3, 0.4) is 0 Å². The average Bonchev–Trinajstić information content (AvgIpc) is 3.01. The summed E-state index contributed by atoms with van der Waals surface area (Å²) in [5, 5.41) is 2.58. The highest BCUT2D eigenvalue weighted by Gasteiger charge is 2.33. The number of alkyl carbamates (subject to hydrolysis) is 1. The SMILES string of the molecule is C#C[C@@H]1CCCN1C(=O)[C@H](NC(=O)OC)c1ccccc1. The maximum Gasteiger partial charge on any atom is 0.407 e. The highest BCUT2D eigenvalue weighted by molar-refractivity contribution is 5.87. The Kier molecular flexibility index (Phi) is 4.83. The quantitative estimate of drug-likeness (QED) is 0.861. The van der Waals surface area contributed by atoms with Gasteiger partial charge in [0.15, 0.2) is 0 Å². The molecule has 0 bridgehead atoms. The van der Waals surface area contributed by atoms with Crippen molar-refractivity contribution >= 4 is 12.0 Å². The molecule has 1 aliphatic heterocycles. The summed E-state index contributed by atoms with van der Waals surface area (Å²) in [5.74, 6) is 2.43. The number of ether oxygens (including phenoxy) is 1. The number of carbonyl (C=O) groups is 2. The van der Waals surface area contributed by atoms with Crippen LogP contribution in [0.4, 0.5) is 4.79 Å². The van der Waals surface area contributed by atoms with E-state index in [1.807, 2.05) is 18.2 Å². The summed E-state index contributed by atoms with van der Waals surface area (Å²) in [7, 11) is 1.27. The van der Waals surface area contributed by atoms with Gasteiger partial charge in [-0.05, 0) is 18.4 Å². The number of rotatable bonds is 3. The summed E-state index contributed by atoms with van der Waals surface area (Å²) in [6.45, 7) is 0.611. The monoisotopic (exact) mass is 286 g/mol. The van der Waals surface area contributed by atoms with Crippen molar-refractivity contribution in [2.75, 3.05) is 13.7 Å². The second-order valence-corrected chi connectivity index (χ2v) is 4.84. The van der Waals surface area contributed by atoms with E-state index >= 15 is 0 Å². The lowest BCUT2D eigenvalue weighted by Crippen LogP contribution is -2.44. The Bertz CT molecular complexity index is 550. The van der Waals surface area contributed by atoms with Crippen LogP contribution in [0.1, 0.15) is 24.4 Å². The molecule has 1 heterocycles. The van der Waals surface area contributed by atoms with E-state index in [-0.39, 0.29) is 11.9 Å². The van der Waals surface area contributed by atoms with Gasteiger partial charge in [-0.1, -0.05) is 36.3 Å². The topological polar surface area (TPSA) is 58.6 Å². The number of likely N-dealkylation sites (tertiary alicyclic amines) is 1. The van der Waals surface area contributed by atoms with Crippen molar-refractivity contribution in [3.05, 3.63) is 35.9 Å². The number of methoxy groups -OCH3 is 1. The van der Waals surface area contributed by atoms with E-state index in [9.17, 15) is 9.59 Å². The molecular weight excluding hydrogens is 268 g/mol. The van der Waals surface area contributed by atoms with Crippen LogP contribution in [0.15, 0.2) is 30.3 Å². The molecular formula is C16H18N2O3. The Morgan fingerprint density at radius 3 is 2.76 bits per heavy atom. The molecule has 0 unspecified atom stereocenters. The van der Waals surface area contributed by atoms with E-state index in [4.69, 9.17) is 6.42 Å². The fraction of sp³-hybridized carbons (Fsp3) is 0.375. The number of nitrogens with zero attached hydrogens (tertiary/aromatic N) is 1. The third-order valence-corrected chi connectivity index (χ3v) is 3.56. The zero-order valence-electron chi connectivity index (χ0n) is 11.9. The number of hydrogen-bond donors (Lipinski definition) is 1. The van der Waals surface area contributed by atoms with Crippen molar-refractivity contribution in [3.63, 3.8) is 0 Å². The number of carbonyl (C=O) groups excluding carboxylic acids is 2. The number of terminal acetylenes is 1. The van der Waals surface area contributed by atoms with Gasteiger partial charge in [0, 0.05) is 6.54 Å². The summed E-state index contributed by atoms with van der Waals surface area (Å²) in [6, 6.07) is 8.08. The van der Waals surface area contributed by atoms with E-state index in [2.05, 4.69) is 16.0 Å². The summed E-state index contributed by atoms with van der Waals surface area (Å²) >= 11 is 0. The number of amides is 2. The molecule has 5 nitrogen and oxygen atoms in total. The van der Waals surface area contributed by atoms with Crippen molar-refractivity contribution < 1.29 is 14.3 Å². The fourth-order valence-electron chi connectivity index (χ4n) is 2.48. The summed E-state index contributed by atoms with van der Waals surface area (Å²) in [5.41, 5.74) is 0.704. The normalized spacial score (nSPS) is 18.7. The molecule has 2 atom stereocenters.